The molecule has 0 spiro atoms. The van der Waals surface area contributed by atoms with Gasteiger partial charge in [-0.25, -0.2) is 35.3 Å². The van der Waals surface area contributed by atoms with Gasteiger partial charge in [-0.1, -0.05) is 0 Å². The number of nitrogens with zero attached hydrogens (tertiary/aromatic N) is 2. The number of ether oxygens (including phenoxy) is 5. The van der Waals surface area contributed by atoms with Crippen LogP contribution in [0.1, 0.15) is 13.8 Å². The van der Waals surface area contributed by atoms with Gasteiger partial charge >= 0.3 is 12.2 Å². The summed E-state index contributed by atoms with van der Waals surface area (Å²) in [7, 11) is -7.09. The first-order valence-electron chi connectivity index (χ1n) is 10.6. The highest BCUT2D eigenvalue weighted by atomic mass is 35.5. The third-order valence-electron chi connectivity index (χ3n) is 5.16. The molecule has 2 amide bonds. The Morgan fingerprint density at radius 3 is 1.31 bits per heavy atom. The van der Waals surface area contributed by atoms with Crippen molar-refractivity contribution in [2.24, 2.45) is 0 Å². The van der Waals surface area contributed by atoms with Gasteiger partial charge in [0.05, 0.1) is 62.7 Å². The van der Waals surface area contributed by atoms with Crippen LogP contribution in [0.5, 0.6) is 0 Å². The minimum atomic E-state index is -3.54. The molecule has 2 saturated heterocycles. The lowest BCUT2D eigenvalue weighted by molar-refractivity contribution is 0.0202. The summed E-state index contributed by atoms with van der Waals surface area (Å²) in [5.74, 6) is -1.20. The lowest BCUT2D eigenvalue weighted by Gasteiger charge is -2.25. The quantitative estimate of drug-likeness (QED) is 0.185. The third-order valence-corrected chi connectivity index (χ3v) is 9.96. The van der Waals surface area contributed by atoms with Gasteiger partial charge < -0.3 is 23.7 Å². The summed E-state index contributed by atoms with van der Waals surface area (Å²) in [5, 5.41) is 0. The molecule has 0 aromatic rings. The van der Waals surface area contributed by atoms with Gasteiger partial charge in [0, 0.05) is 23.6 Å². The van der Waals surface area contributed by atoms with Gasteiger partial charge in [0.15, 0.2) is 19.7 Å². The topological polar surface area (TPSA) is 155 Å². The van der Waals surface area contributed by atoms with Crippen molar-refractivity contribution in [3.05, 3.63) is 0 Å². The summed E-state index contributed by atoms with van der Waals surface area (Å²) in [6.45, 7) is 3.40. The zero-order valence-electron chi connectivity index (χ0n) is 19.4. The average molecular weight is 585 g/mol. The molecule has 0 aromatic heterocycles. The fourth-order valence-electron chi connectivity index (χ4n) is 3.30. The number of carbonyl (C=O) groups excluding carboxylic acids is 2. The highest BCUT2D eigenvalue weighted by molar-refractivity contribution is 7.91. The van der Waals surface area contributed by atoms with E-state index in [1.807, 2.05) is 0 Å². The van der Waals surface area contributed by atoms with Crippen molar-refractivity contribution in [3.63, 3.8) is 0 Å². The fourth-order valence-corrected chi connectivity index (χ4v) is 7.11. The number of hydrogen-bond acceptors (Lipinski definition) is 11. The van der Waals surface area contributed by atoms with Crippen molar-refractivity contribution in [1.29, 1.82) is 0 Å². The maximum atomic E-state index is 12.2. The molecular weight excluding hydrogens is 555 g/mol. The number of hydrogen-bond donors (Lipinski definition) is 0. The summed E-state index contributed by atoms with van der Waals surface area (Å²) in [5.41, 5.74) is -2.27. The molecule has 17 heteroatoms. The fraction of sp³-hybridized carbons (Fsp3) is 0.889. The predicted molar refractivity (Wildman–Crippen MR) is 125 cm³/mol. The van der Waals surface area contributed by atoms with E-state index in [9.17, 15) is 26.4 Å². The Balaban J connectivity index is 1.49. The van der Waals surface area contributed by atoms with E-state index < -0.39 is 42.9 Å². The van der Waals surface area contributed by atoms with Crippen LogP contribution >= 0.6 is 23.6 Å². The number of rotatable bonds is 16. The average Bonchev–Trinajstić information content (AvgIpc) is 3.15. The van der Waals surface area contributed by atoms with E-state index in [0.29, 0.717) is 0 Å². The van der Waals surface area contributed by atoms with Crippen molar-refractivity contribution in [2.75, 3.05) is 75.9 Å². The Hall–Kier alpha value is -1.10. The van der Waals surface area contributed by atoms with Crippen LogP contribution in [-0.4, -0.2) is 125 Å². The molecule has 35 heavy (non-hydrogen) atoms. The zero-order valence-corrected chi connectivity index (χ0v) is 22.6. The monoisotopic (exact) mass is 584 g/mol. The maximum absolute atomic E-state index is 12.2. The first-order chi connectivity index (χ1) is 16.2. The van der Waals surface area contributed by atoms with Gasteiger partial charge in [0.25, 0.3) is 0 Å². The standard InChI is InChI=1S/C18H30Cl2N2O11S2/c1-17(11-32-15(23)21(17)19)13-34(25,26)9-7-30-5-3-29-4-6-31-8-10-35(27,28)14-18(2)12-33-16(24)22(18)20/h3-14H2,1-2H3. The lowest BCUT2D eigenvalue weighted by Crippen LogP contribution is -2.45. The summed E-state index contributed by atoms with van der Waals surface area (Å²) in [4.78, 5) is 22.7. The highest BCUT2D eigenvalue weighted by Crippen LogP contribution is 2.29. The molecule has 204 valence electrons. The normalized spacial score (nSPS) is 25.3. The Kier molecular flexibility index (Phi) is 10.7. The first-order valence-corrected chi connectivity index (χ1v) is 14.9. The lowest BCUT2D eigenvalue weighted by atomic mass is 10.1. The Labute approximate surface area is 214 Å². The third kappa shape index (κ3) is 9.05. The van der Waals surface area contributed by atoms with Crippen molar-refractivity contribution in [2.45, 2.75) is 24.9 Å². The van der Waals surface area contributed by atoms with Gasteiger partial charge in [-0.15, -0.1) is 0 Å². The molecule has 0 saturated carbocycles. The van der Waals surface area contributed by atoms with E-state index in [0.717, 1.165) is 8.84 Å². The van der Waals surface area contributed by atoms with Crippen LogP contribution in [0.25, 0.3) is 0 Å². The molecule has 2 aliphatic rings. The molecule has 2 heterocycles. The minimum absolute atomic E-state index is 0.0531. The van der Waals surface area contributed by atoms with Crippen molar-refractivity contribution >= 4 is 55.4 Å². The smallest absolute Gasteiger partial charge is 0.425 e. The van der Waals surface area contributed by atoms with Crippen molar-refractivity contribution in [3.8, 4) is 0 Å². The minimum Gasteiger partial charge on any atom is -0.446 e. The molecule has 2 atom stereocenters. The van der Waals surface area contributed by atoms with Gasteiger partial charge in [0.2, 0.25) is 0 Å². The van der Waals surface area contributed by atoms with Gasteiger partial charge in [-0.2, -0.15) is 0 Å². The van der Waals surface area contributed by atoms with Gasteiger partial charge in [-0.3, -0.25) is 0 Å². The van der Waals surface area contributed by atoms with E-state index in [1.54, 1.807) is 0 Å². The molecule has 2 rings (SSSR count). The van der Waals surface area contributed by atoms with Crippen LogP contribution < -0.4 is 0 Å². The highest BCUT2D eigenvalue weighted by Gasteiger charge is 2.47. The molecule has 13 nitrogen and oxygen atoms in total. The van der Waals surface area contributed by atoms with E-state index in [1.165, 1.54) is 13.8 Å². The molecule has 0 bridgehead atoms. The van der Waals surface area contributed by atoms with Gasteiger partial charge in [-0.05, 0) is 13.8 Å². The number of halogens is 2. The molecule has 0 N–H and O–H groups in total. The second kappa shape index (κ2) is 12.4. The van der Waals surface area contributed by atoms with Crippen LogP contribution in [0.2, 0.25) is 0 Å². The van der Waals surface area contributed by atoms with Crippen LogP contribution in [0, 0.1) is 0 Å². The molecule has 0 aliphatic carbocycles. The van der Waals surface area contributed by atoms with Crippen molar-refractivity contribution in [1.82, 2.24) is 8.84 Å². The van der Waals surface area contributed by atoms with E-state index in [4.69, 9.17) is 47.2 Å². The summed E-state index contributed by atoms with van der Waals surface area (Å²) in [6.07, 6.45) is -1.56. The molecule has 0 radical (unpaired) electrons. The molecule has 0 aromatic carbocycles. The first kappa shape index (κ1) is 30.1. The summed E-state index contributed by atoms with van der Waals surface area (Å²) >= 11 is 11.6. The Bertz CT molecular complexity index is 889. The predicted octanol–water partition coefficient (Wildman–Crippen LogP) is 0.595. The van der Waals surface area contributed by atoms with Gasteiger partial charge in [0.1, 0.15) is 24.3 Å². The van der Waals surface area contributed by atoms with E-state index >= 15 is 0 Å². The van der Waals surface area contributed by atoms with E-state index in [-0.39, 0.29) is 75.9 Å². The number of cyclic esters (lactones) is 2. The summed E-state index contributed by atoms with van der Waals surface area (Å²) < 4.78 is 75.8. The largest absolute Gasteiger partial charge is 0.446 e. The second-order valence-corrected chi connectivity index (χ2v) is 13.7. The van der Waals surface area contributed by atoms with Crippen LogP contribution in [0.3, 0.4) is 0 Å². The summed E-state index contributed by atoms with van der Waals surface area (Å²) in [6, 6.07) is 0. The van der Waals surface area contributed by atoms with Crippen molar-refractivity contribution < 1.29 is 50.1 Å². The second-order valence-electron chi connectivity index (χ2n) is 8.69. The number of sulfone groups is 2. The molecule has 2 aliphatic heterocycles. The maximum Gasteiger partial charge on any atom is 0.425 e. The number of amides is 2. The molecule has 2 unspecified atom stereocenters. The molecular formula is C18H30Cl2N2O11S2. The van der Waals surface area contributed by atoms with Crippen LogP contribution in [-0.2, 0) is 43.4 Å². The number of carbonyl (C=O) groups is 2. The van der Waals surface area contributed by atoms with Crippen LogP contribution in [0.4, 0.5) is 9.59 Å². The zero-order chi connectivity index (χ0) is 26.3. The Morgan fingerprint density at radius 2 is 1.03 bits per heavy atom. The Morgan fingerprint density at radius 1 is 0.714 bits per heavy atom. The van der Waals surface area contributed by atoms with Crippen LogP contribution in [0.15, 0.2) is 0 Å². The van der Waals surface area contributed by atoms with E-state index in [2.05, 4.69) is 0 Å². The SMILES string of the molecule is CC1(CS(=O)(=O)CCOCCOCCOCCS(=O)(=O)CC2(C)COC(=O)N2Cl)COC(=O)N1Cl. The molecule has 2 fully saturated rings.